The lowest BCUT2D eigenvalue weighted by Gasteiger charge is -2.31. The summed E-state index contributed by atoms with van der Waals surface area (Å²) in [4.78, 5) is 27.6. The summed E-state index contributed by atoms with van der Waals surface area (Å²) in [5.41, 5.74) is 1.35. The number of ether oxygens (including phenoxy) is 2. The Kier molecular flexibility index (Phi) is 6.07. The Bertz CT molecular complexity index is 1080. The van der Waals surface area contributed by atoms with Crippen molar-refractivity contribution in [2.75, 3.05) is 32.6 Å². The maximum Gasteiger partial charge on any atom is 0.254 e. The molecule has 1 heterocycles. The summed E-state index contributed by atoms with van der Waals surface area (Å²) in [6, 6.07) is 19.1. The summed E-state index contributed by atoms with van der Waals surface area (Å²) in [5.74, 6) is 0.957. The van der Waals surface area contributed by atoms with Crippen molar-refractivity contribution in [2.45, 2.75) is 12.8 Å². The largest absolute Gasteiger partial charge is 0.497 e. The van der Waals surface area contributed by atoms with Crippen molar-refractivity contribution in [3.63, 3.8) is 0 Å². The van der Waals surface area contributed by atoms with E-state index in [0.29, 0.717) is 43.0 Å². The fraction of sp³-hybridized carbons (Fsp3) is 0.280. The zero-order valence-corrected chi connectivity index (χ0v) is 17.8. The number of amides is 2. The highest BCUT2D eigenvalue weighted by molar-refractivity contribution is 6.03. The third kappa shape index (κ3) is 4.48. The number of carbonyl (C=O) groups excluding carboxylic acids is 2. The van der Waals surface area contributed by atoms with Crippen LogP contribution in [-0.4, -0.2) is 44.0 Å². The molecule has 1 fully saturated rings. The zero-order chi connectivity index (χ0) is 21.8. The molecular weight excluding hydrogens is 392 g/mol. The van der Waals surface area contributed by atoms with E-state index in [9.17, 15) is 9.59 Å². The van der Waals surface area contributed by atoms with E-state index in [4.69, 9.17) is 9.47 Å². The Morgan fingerprint density at radius 1 is 0.903 bits per heavy atom. The lowest BCUT2D eigenvalue weighted by Crippen LogP contribution is -2.41. The van der Waals surface area contributed by atoms with Crippen molar-refractivity contribution in [3.8, 4) is 11.5 Å². The number of piperidine rings is 1. The minimum Gasteiger partial charge on any atom is -0.497 e. The Morgan fingerprint density at radius 2 is 1.55 bits per heavy atom. The number of carbonyl (C=O) groups is 2. The molecule has 1 saturated heterocycles. The molecule has 2 amide bonds. The molecule has 31 heavy (non-hydrogen) atoms. The average Bonchev–Trinajstić information content (AvgIpc) is 2.83. The summed E-state index contributed by atoms with van der Waals surface area (Å²) < 4.78 is 10.5. The van der Waals surface area contributed by atoms with Gasteiger partial charge < -0.3 is 19.7 Å². The standard InChI is InChI=1S/C25H26N2O4/c1-30-20-14-19(15-21(16-20)31-2)25(29)27-12-10-18(11-13-27)24(28)26-23-9-5-7-17-6-3-4-8-22(17)23/h3-9,14-16,18H,10-13H2,1-2H3,(H,26,28). The van der Waals surface area contributed by atoms with Crippen LogP contribution in [0.25, 0.3) is 10.8 Å². The van der Waals surface area contributed by atoms with Gasteiger partial charge in [0, 0.05) is 41.7 Å². The third-order valence-electron chi connectivity index (χ3n) is 5.80. The van der Waals surface area contributed by atoms with Crippen molar-refractivity contribution in [1.82, 2.24) is 4.90 Å². The lowest BCUT2D eigenvalue weighted by molar-refractivity contribution is -0.121. The minimum absolute atomic E-state index is 0.00602. The first-order chi connectivity index (χ1) is 15.1. The molecule has 0 atom stereocenters. The maximum atomic E-state index is 13.0. The lowest BCUT2D eigenvalue weighted by atomic mass is 9.95. The molecule has 6 nitrogen and oxygen atoms in total. The molecule has 0 unspecified atom stereocenters. The summed E-state index contributed by atoms with van der Waals surface area (Å²) in [6.45, 7) is 1.07. The number of benzene rings is 3. The zero-order valence-electron chi connectivity index (χ0n) is 17.8. The van der Waals surface area contributed by atoms with Gasteiger partial charge >= 0.3 is 0 Å². The Hall–Kier alpha value is -3.54. The van der Waals surface area contributed by atoms with E-state index in [1.807, 2.05) is 42.5 Å². The molecule has 160 valence electrons. The SMILES string of the molecule is COc1cc(OC)cc(C(=O)N2CCC(C(=O)Nc3cccc4ccccc34)CC2)c1. The van der Waals surface area contributed by atoms with Crippen LogP contribution >= 0.6 is 0 Å². The highest BCUT2D eigenvalue weighted by atomic mass is 16.5. The number of hydrogen-bond donors (Lipinski definition) is 1. The van der Waals surface area contributed by atoms with Gasteiger partial charge in [0.1, 0.15) is 11.5 Å². The number of nitrogens with one attached hydrogen (secondary N) is 1. The highest BCUT2D eigenvalue weighted by Crippen LogP contribution is 2.27. The van der Waals surface area contributed by atoms with Gasteiger partial charge in [-0.1, -0.05) is 36.4 Å². The number of likely N-dealkylation sites (tertiary alicyclic amines) is 1. The Balaban J connectivity index is 1.40. The van der Waals surface area contributed by atoms with Crippen LogP contribution in [-0.2, 0) is 4.79 Å². The van der Waals surface area contributed by atoms with E-state index in [1.54, 1.807) is 37.3 Å². The van der Waals surface area contributed by atoms with Gasteiger partial charge in [-0.3, -0.25) is 9.59 Å². The van der Waals surface area contributed by atoms with Crippen LogP contribution in [0.15, 0.2) is 60.7 Å². The molecule has 0 aromatic heterocycles. The molecule has 0 radical (unpaired) electrons. The predicted octanol–water partition coefficient (Wildman–Crippen LogP) is 4.35. The van der Waals surface area contributed by atoms with Crippen LogP contribution in [0.4, 0.5) is 5.69 Å². The van der Waals surface area contributed by atoms with Gasteiger partial charge in [0.2, 0.25) is 5.91 Å². The van der Waals surface area contributed by atoms with Gasteiger partial charge in [-0.2, -0.15) is 0 Å². The van der Waals surface area contributed by atoms with Crippen molar-refractivity contribution in [3.05, 3.63) is 66.2 Å². The van der Waals surface area contributed by atoms with E-state index in [0.717, 1.165) is 16.5 Å². The average molecular weight is 418 g/mol. The van der Waals surface area contributed by atoms with Crippen LogP contribution in [0, 0.1) is 5.92 Å². The number of anilines is 1. The molecule has 0 aliphatic carbocycles. The molecule has 1 aliphatic rings. The second-order valence-corrected chi connectivity index (χ2v) is 7.68. The van der Waals surface area contributed by atoms with Crippen molar-refractivity contribution in [2.24, 2.45) is 5.92 Å². The summed E-state index contributed by atoms with van der Waals surface area (Å²) in [6.07, 6.45) is 1.26. The predicted molar refractivity (Wildman–Crippen MR) is 121 cm³/mol. The van der Waals surface area contributed by atoms with Crippen LogP contribution in [0.5, 0.6) is 11.5 Å². The third-order valence-corrected chi connectivity index (χ3v) is 5.80. The summed E-state index contributed by atoms with van der Waals surface area (Å²) in [7, 11) is 3.12. The molecular formula is C25H26N2O4. The van der Waals surface area contributed by atoms with Gasteiger partial charge in [-0.25, -0.2) is 0 Å². The molecule has 3 aromatic rings. The van der Waals surface area contributed by atoms with Crippen molar-refractivity contribution < 1.29 is 19.1 Å². The Labute approximate surface area is 181 Å². The van der Waals surface area contributed by atoms with Crippen LogP contribution < -0.4 is 14.8 Å². The Morgan fingerprint density at radius 3 is 2.23 bits per heavy atom. The van der Waals surface area contributed by atoms with E-state index in [2.05, 4.69) is 5.32 Å². The first kappa shape index (κ1) is 20.7. The highest BCUT2D eigenvalue weighted by Gasteiger charge is 2.28. The monoisotopic (exact) mass is 418 g/mol. The van der Waals surface area contributed by atoms with Crippen molar-refractivity contribution >= 4 is 28.3 Å². The first-order valence-electron chi connectivity index (χ1n) is 10.4. The van der Waals surface area contributed by atoms with Gasteiger partial charge in [0.15, 0.2) is 0 Å². The van der Waals surface area contributed by atoms with Gasteiger partial charge in [0.25, 0.3) is 5.91 Å². The second-order valence-electron chi connectivity index (χ2n) is 7.68. The number of fused-ring (bicyclic) bond motifs is 1. The first-order valence-corrected chi connectivity index (χ1v) is 10.4. The topological polar surface area (TPSA) is 67.9 Å². The normalized spacial score (nSPS) is 14.3. The summed E-state index contributed by atoms with van der Waals surface area (Å²) in [5, 5.41) is 5.20. The van der Waals surface area contributed by atoms with Gasteiger partial charge in [-0.15, -0.1) is 0 Å². The molecule has 1 N–H and O–H groups in total. The maximum absolute atomic E-state index is 13.0. The molecule has 4 rings (SSSR count). The van der Waals surface area contributed by atoms with Crippen molar-refractivity contribution in [1.29, 1.82) is 0 Å². The smallest absolute Gasteiger partial charge is 0.254 e. The van der Waals surface area contributed by atoms with Crippen LogP contribution in [0.2, 0.25) is 0 Å². The molecule has 1 aliphatic heterocycles. The van der Waals surface area contributed by atoms with Gasteiger partial charge in [-0.05, 0) is 36.4 Å². The number of hydrogen-bond acceptors (Lipinski definition) is 4. The van der Waals surface area contributed by atoms with E-state index in [1.165, 1.54) is 0 Å². The van der Waals surface area contributed by atoms with Gasteiger partial charge in [0.05, 0.1) is 14.2 Å². The van der Waals surface area contributed by atoms with Crippen LogP contribution in [0.3, 0.4) is 0 Å². The van der Waals surface area contributed by atoms with Crippen LogP contribution in [0.1, 0.15) is 23.2 Å². The molecule has 0 bridgehead atoms. The van der Waals surface area contributed by atoms with E-state index >= 15 is 0 Å². The summed E-state index contributed by atoms with van der Waals surface area (Å²) >= 11 is 0. The fourth-order valence-electron chi connectivity index (χ4n) is 4.03. The second kappa shape index (κ2) is 9.08. The number of methoxy groups -OCH3 is 2. The number of nitrogens with zero attached hydrogens (tertiary/aromatic N) is 1. The molecule has 6 heteroatoms. The molecule has 3 aromatic carbocycles. The fourth-order valence-corrected chi connectivity index (χ4v) is 4.03. The quantitative estimate of drug-likeness (QED) is 0.669. The minimum atomic E-state index is -0.122. The van der Waals surface area contributed by atoms with E-state index in [-0.39, 0.29) is 17.7 Å². The number of rotatable bonds is 5. The molecule has 0 spiro atoms. The molecule has 0 saturated carbocycles. The van der Waals surface area contributed by atoms with E-state index < -0.39 is 0 Å².